The summed E-state index contributed by atoms with van der Waals surface area (Å²) < 4.78 is 40.3. The summed E-state index contributed by atoms with van der Waals surface area (Å²) in [6.07, 6.45) is 13.9. The molecule has 0 saturated heterocycles. The Morgan fingerprint density at radius 3 is 1.00 bits per heavy atom. The number of hydrogen-bond acceptors (Lipinski definition) is 12. The molecular formula is C83H102O12. The van der Waals surface area contributed by atoms with Crippen molar-refractivity contribution in [2.75, 3.05) is 14.2 Å². The van der Waals surface area contributed by atoms with Gasteiger partial charge >= 0.3 is 11.9 Å². The van der Waals surface area contributed by atoms with E-state index in [9.17, 15) is 30.0 Å². The lowest BCUT2D eigenvalue weighted by atomic mass is 9.55. The van der Waals surface area contributed by atoms with Gasteiger partial charge in [-0.05, 0) is 326 Å². The molecule has 9 fully saturated rings. The first kappa shape index (κ1) is 66.6. The van der Waals surface area contributed by atoms with Crippen LogP contribution in [0.1, 0.15) is 222 Å². The van der Waals surface area contributed by atoms with Crippen LogP contribution in [0.2, 0.25) is 0 Å². The lowest BCUT2D eigenvalue weighted by molar-refractivity contribution is -0.214. The SMILES string of the molecule is CCCC1CCC(c2cc(C)c(OC(OC3C4CC5CC(C4)CC3C5)C(=O)OC)c(C(c3cc(C)c(O)cc3C)c3cc(C)c(O)cc3C)c2)(c2cc(C)c(OC(OC3C4CC5CC(C4)CC3C5)C(=O)OC)c(C(c3cc(C)c(O)cc3C)c3cc(C)c(O)cc3C)c2)CC1. The Kier molecular flexibility index (Phi) is 18.5. The van der Waals surface area contributed by atoms with E-state index in [4.69, 9.17) is 28.4 Å². The molecule has 2 atom stereocenters. The molecule has 0 spiro atoms. The van der Waals surface area contributed by atoms with E-state index in [1.807, 2.05) is 79.7 Å². The highest BCUT2D eigenvalue weighted by Gasteiger charge is 2.53. The fourth-order valence-corrected chi connectivity index (χ4v) is 20.2. The number of aryl methyl sites for hydroxylation is 10. The zero-order valence-corrected chi connectivity index (χ0v) is 58.5. The molecule has 9 aliphatic rings. The van der Waals surface area contributed by atoms with Gasteiger partial charge in [0.25, 0.3) is 12.6 Å². The quantitative estimate of drug-likeness (QED) is 0.0325. The Morgan fingerprint density at radius 1 is 0.411 bits per heavy atom. The third-order valence-electron chi connectivity index (χ3n) is 24.7. The number of carbonyl (C=O) groups excluding carboxylic acids is 2. The van der Waals surface area contributed by atoms with E-state index < -0.39 is 41.8 Å². The highest BCUT2D eigenvalue weighted by atomic mass is 16.7. The smallest absolute Gasteiger partial charge is 0.376 e. The van der Waals surface area contributed by atoms with E-state index in [2.05, 4.69) is 69.3 Å². The van der Waals surface area contributed by atoms with Crippen LogP contribution >= 0.6 is 0 Å². The van der Waals surface area contributed by atoms with Gasteiger partial charge < -0.3 is 48.8 Å². The van der Waals surface area contributed by atoms with E-state index in [-0.39, 0.29) is 35.2 Å². The number of benzene rings is 6. The number of carbonyl (C=O) groups is 2. The zero-order chi connectivity index (χ0) is 67.2. The van der Waals surface area contributed by atoms with Crippen LogP contribution in [0.25, 0.3) is 0 Å². The van der Waals surface area contributed by atoms with Crippen LogP contribution < -0.4 is 9.47 Å². The maximum atomic E-state index is 14.6. The van der Waals surface area contributed by atoms with Crippen LogP contribution in [-0.4, -0.2) is 71.4 Å². The summed E-state index contributed by atoms with van der Waals surface area (Å²) >= 11 is 0. The fraction of sp³-hybridized carbons (Fsp3) is 0.542. The molecule has 2 unspecified atom stereocenters. The number of ether oxygens (including phenoxy) is 6. The average molecular weight is 1290 g/mol. The molecule has 0 aromatic heterocycles. The van der Waals surface area contributed by atoms with E-state index in [1.165, 1.54) is 27.1 Å². The average Bonchev–Trinajstić information content (AvgIpc) is 0.739. The van der Waals surface area contributed by atoms with Crippen molar-refractivity contribution < 1.29 is 58.4 Å². The van der Waals surface area contributed by atoms with Crippen molar-refractivity contribution in [1.29, 1.82) is 0 Å². The summed E-state index contributed by atoms with van der Waals surface area (Å²) in [7, 11) is 2.80. The Balaban J connectivity index is 1.06. The molecule has 0 aliphatic heterocycles. The first-order valence-corrected chi connectivity index (χ1v) is 35.7. The molecule has 8 bridgehead atoms. The van der Waals surface area contributed by atoms with Gasteiger partial charge in [-0.15, -0.1) is 0 Å². The molecule has 9 saturated carbocycles. The third kappa shape index (κ3) is 12.5. The van der Waals surface area contributed by atoms with Crippen molar-refractivity contribution in [3.05, 3.63) is 173 Å². The predicted molar refractivity (Wildman–Crippen MR) is 369 cm³/mol. The lowest BCUT2D eigenvalue weighted by Crippen LogP contribution is -2.52. The van der Waals surface area contributed by atoms with Crippen LogP contribution in [0.4, 0.5) is 0 Å². The van der Waals surface area contributed by atoms with Gasteiger partial charge in [0.2, 0.25) is 0 Å². The maximum absolute atomic E-state index is 14.6. The van der Waals surface area contributed by atoms with E-state index in [0.717, 1.165) is 168 Å². The van der Waals surface area contributed by atoms with Crippen LogP contribution in [0.3, 0.4) is 0 Å². The summed E-state index contributed by atoms with van der Waals surface area (Å²) in [5.74, 6) is 4.03. The molecule has 0 amide bonds. The molecule has 95 heavy (non-hydrogen) atoms. The van der Waals surface area contributed by atoms with Gasteiger partial charge in [-0.2, -0.15) is 0 Å². The molecular weight excluding hydrogens is 1190 g/mol. The molecule has 9 aliphatic carbocycles. The number of esters is 2. The molecule has 4 N–H and O–H groups in total. The molecule has 12 nitrogen and oxygen atoms in total. The molecule has 506 valence electrons. The van der Waals surface area contributed by atoms with Crippen molar-refractivity contribution >= 4 is 11.9 Å². The second kappa shape index (κ2) is 26.4. The highest BCUT2D eigenvalue weighted by Crippen LogP contribution is 2.59. The number of rotatable bonds is 20. The zero-order valence-electron chi connectivity index (χ0n) is 58.5. The van der Waals surface area contributed by atoms with Gasteiger partial charge in [0.15, 0.2) is 0 Å². The minimum absolute atomic E-state index is 0.153. The molecule has 6 aromatic carbocycles. The Labute approximate surface area is 563 Å². The summed E-state index contributed by atoms with van der Waals surface area (Å²) in [5, 5.41) is 45.7. The number of aromatic hydroxyl groups is 4. The van der Waals surface area contributed by atoms with Gasteiger partial charge in [-0.3, -0.25) is 0 Å². The Hall–Kier alpha value is -7.02. The van der Waals surface area contributed by atoms with Crippen LogP contribution in [0.5, 0.6) is 34.5 Å². The molecule has 15 rings (SSSR count). The molecule has 6 aromatic rings. The van der Waals surface area contributed by atoms with Crippen molar-refractivity contribution in [3.8, 4) is 34.5 Å². The fourth-order valence-electron chi connectivity index (χ4n) is 20.2. The van der Waals surface area contributed by atoms with Gasteiger partial charge in [-0.1, -0.05) is 68.3 Å². The normalized spacial score (nSPS) is 27.1. The number of phenols is 4. The minimum Gasteiger partial charge on any atom is -0.508 e. The first-order valence-electron chi connectivity index (χ1n) is 35.7. The van der Waals surface area contributed by atoms with Gasteiger partial charge in [0, 0.05) is 28.4 Å². The van der Waals surface area contributed by atoms with Crippen LogP contribution in [-0.2, 0) is 34.0 Å². The lowest BCUT2D eigenvalue weighted by Gasteiger charge is -2.54. The second-order valence-electron chi connectivity index (χ2n) is 31.1. The molecule has 0 heterocycles. The van der Waals surface area contributed by atoms with Crippen LogP contribution in [0, 0.1) is 122 Å². The Morgan fingerprint density at radius 2 is 0.716 bits per heavy atom. The Bertz CT molecular complexity index is 3510. The largest absolute Gasteiger partial charge is 0.508 e. The standard InChI is InChI=1S/C83H102O12/c1-14-15-52-16-18-83(19-17-52,61-20-50(10)75(92-81(79(88)90-12)94-77-57-32-53-30-54(34-57)35-58(77)33-53)67(40-61)73(63-22-46(6)69(84)26-42(63)2)64-23-47(7)70(85)27-43(64)3)62-21-51(11)76(93-82(80(89)91-13)95-78-59-36-55-31-56(38-59)39-60(78)37-55)68(41-62)74(65-24-48(8)71(86)28-44(65)4)66-25-49(9)72(87)29-45(66)5/h20-29,40-41,52-60,73-74,77-78,81-82,84-87H,14-19,30-39H2,1-13H3. The summed E-state index contributed by atoms with van der Waals surface area (Å²) in [6.45, 7) is 22.2. The summed E-state index contributed by atoms with van der Waals surface area (Å²) in [4.78, 5) is 29.1. The van der Waals surface area contributed by atoms with Gasteiger partial charge in [0.05, 0.1) is 26.4 Å². The number of methoxy groups -OCH3 is 2. The van der Waals surface area contributed by atoms with E-state index in [1.54, 1.807) is 0 Å². The van der Waals surface area contributed by atoms with E-state index in [0.29, 0.717) is 87.0 Å². The second-order valence-corrected chi connectivity index (χ2v) is 31.1. The topological polar surface area (TPSA) is 170 Å². The maximum Gasteiger partial charge on any atom is 0.376 e. The van der Waals surface area contributed by atoms with E-state index >= 15 is 0 Å². The van der Waals surface area contributed by atoms with Crippen molar-refractivity contribution in [2.24, 2.45) is 53.3 Å². The summed E-state index contributed by atoms with van der Waals surface area (Å²) in [6, 6.07) is 24.8. The van der Waals surface area contributed by atoms with Crippen molar-refractivity contribution in [2.45, 2.75) is 221 Å². The first-order chi connectivity index (χ1) is 45.4. The van der Waals surface area contributed by atoms with Gasteiger partial charge in [-0.25, -0.2) is 9.59 Å². The third-order valence-corrected chi connectivity index (χ3v) is 24.7. The molecule has 0 radical (unpaired) electrons. The van der Waals surface area contributed by atoms with Crippen LogP contribution in [0.15, 0.2) is 72.8 Å². The number of hydrogen-bond donors (Lipinski definition) is 4. The highest BCUT2D eigenvalue weighted by molar-refractivity contribution is 5.75. The minimum atomic E-state index is -1.37. The number of phenolic OH excluding ortho intramolecular Hbond substituents is 4. The molecule has 12 heteroatoms. The van der Waals surface area contributed by atoms with Crippen molar-refractivity contribution in [1.82, 2.24) is 0 Å². The van der Waals surface area contributed by atoms with Crippen molar-refractivity contribution in [3.63, 3.8) is 0 Å². The van der Waals surface area contributed by atoms with Gasteiger partial charge in [0.1, 0.15) is 34.5 Å². The predicted octanol–water partition coefficient (Wildman–Crippen LogP) is 17.7. The monoisotopic (exact) mass is 1290 g/mol. The summed E-state index contributed by atoms with van der Waals surface area (Å²) in [5.41, 5.74) is 14.7.